The molecule has 0 saturated carbocycles. The van der Waals surface area contributed by atoms with Crippen molar-refractivity contribution in [3.05, 3.63) is 64.2 Å². The number of benzene rings is 1. The maximum atomic E-state index is 13.4. The van der Waals surface area contributed by atoms with E-state index in [1.165, 1.54) is 29.2 Å². The van der Waals surface area contributed by atoms with E-state index in [2.05, 4.69) is 70.9 Å². The Kier molecular flexibility index (Phi) is 6.41. The molecule has 0 radical (unpaired) electrons. The Bertz CT molecular complexity index is 1450. The van der Waals surface area contributed by atoms with Crippen molar-refractivity contribution in [3.63, 3.8) is 0 Å². The number of hydrogen-bond donors (Lipinski definition) is 2. The first-order valence-electron chi connectivity index (χ1n) is 12.2. The zero-order valence-electron chi connectivity index (χ0n) is 21.0. The van der Waals surface area contributed by atoms with Crippen LogP contribution < -0.4 is 15.5 Å². The van der Waals surface area contributed by atoms with Crippen molar-refractivity contribution >= 4 is 27.8 Å². The molecule has 1 saturated heterocycles. The number of thiazole rings is 1. The molecule has 1 aliphatic rings. The van der Waals surface area contributed by atoms with Gasteiger partial charge in [0.05, 0.1) is 23.6 Å². The standard InChI is InChI=1S/C27H30FN7S/c1-5-21-22(14-30-26-33-24(23(13-29)36-26)18-6-8-19(28)9-7-18)35-15-20(12-17(2)25(35)32-21)34-11-10-31-27(3,4)16-34/h6-9,12,15,31H,5,10-11,14,16H2,1-4H3,(H,30,33). The summed E-state index contributed by atoms with van der Waals surface area (Å²) in [6.45, 7) is 12.1. The zero-order valence-corrected chi connectivity index (χ0v) is 21.8. The molecule has 186 valence electrons. The number of imidazole rings is 1. The lowest BCUT2D eigenvalue weighted by Gasteiger charge is -2.40. The number of nitrogens with zero attached hydrogens (tertiary/aromatic N) is 5. The maximum Gasteiger partial charge on any atom is 0.184 e. The van der Waals surface area contributed by atoms with Gasteiger partial charge in [0.15, 0.2) is 5.13 Å². The second-order valence-corrected chi connectivity index (χ2v) is 10.8. The molecule has 0 aliphatic carbocycles. The van der Waals surface area contributed by atoms with Crippen molar-refractivity contribution in [3.8, 4) is 17.3 Å². The number of anilines is 2. The molecule has 0 spiro atoms. The predicted octanol–water partition coefficient (Wildman–Crippen LogP) is 5.14. The van der Waals surface area contributed by atoms with Gasteiger partial charge in [-0.25, -0.2) is 14.4 Å². The lowest BCUT2D eigenvalue weighted by Crippen LogP contribution is -2.57. The quantitative estimate of drug-likeness (QED) is 0.379. The summed E-state index contributed by atoms with van der Waals surface area (Å²) >= 11 is 1.31. The number of halogens is 1. The summed E-state index contributed by atoms with van der Waals surface area (Å²) in [5.41, 5.74) is 6.77. The Morgan fingerprint density at radius 3 is 2.72 bits per heavy atom. The van der Waals surface area contributed by atoms with Crippen molar-refractivity contribution in [2.24, 2.45) is 0 Å². The minimum Gasteiger partial charge on any atom is -0.367 e. The molecule has 4 heterocycles. The number of aryl methyl sites for hydroxylation is 2. The monoisotopic (exact) mass is 503 g/mol. The summed E-state index contributed by atoms with van der Waals surface area (Å²) in [6.07, 6.45) is 3.01. The van der Waals surface area contributed by atoms with Gasteiger partial charge in [-0.1, -0.05) is 18.3 Å². The number of nitrogens with one attached hydrogen (secondary N) is 2. The van der Waals surface area contributed by atoms with Gasteiger partial charge in [0.2, 0.25) is 0 Å². The van der Waals surface area contributed by atoms with Gasteiger partial charge in [0.25, 0.3) is 0 Å². The molecule has 3 aromatic heterocycles. The summed E-state index contributed by atoms with van der Waals surface area (Å²) in [5, 5.41) is 17.3. The van der Waals surface area contributed by atoms with Crippen LogP contribution in [0.3, 0.4) is 0 Å². The largest absolute Gasteiger partial charge is 0.367 e. The summed E-state index contributed by atoms with van der Waals surface area (Å²) in [6, 6.07) is 10.5. The summed E-state index contributed by atoms with van der Waals surface area (Å²) in [4.78, 5) is 12.5. The molecule has 4 aromatic rings. The topological polar surface area (TPSA) is 81.3 Å². The fourth-order valence-electron chi connectivity index (χ4n) is 4.83. The van der Waals surface area contributed by atoms with E-state index < -0.39 is 0 Å². The Morgan fingerprint density at radius 2 is 2.03 bits per heavy atom. The molecule has 1 fully saturated rings. The van der Waals surface area contributed by atoms with E-state index in [9.17, 15) is 9.65 Å². The molecule has 2 N–H and O–H groups in total. The molecule has 7 nitrogen and oxygen atoms in total. The smallest absolute Gasteiger partial charge is 0.184 e. The van der Waals surface area contributed by atoms with E-state index in [1.807, 2.05) is 0 Å². The fraction of sp³-hybridized carbons (Fsp3) is 0.370. The third-order valence-electron chi connectivity index (χ3n) is 6.60. The molecule has 9 heteroatoms. The number of hydrogen-bond acceptors (Lipinski definition) is 7. The lowest BCUT2D eigenvalue weighted by molar-refractivity contribution is 0.353. The molecule has 0 unspecified atom stereocenters. The van der Waals surface area contributed by atoms with Crippen LogP contribution in [0.25, 0.3) is 16.9 Å². The van der Waals surface area contributed by atoms with Gasteiger partial charge in [-0.15, -0.1) is 0 Å². The van der Waals surface area contributed by atoms with E-state index in [1.54, 1.807) is 12.1 Å². The van der Waals surface area contributed by atoms with Crippen LogP contribution in [0.1, 0.15) is 42.6 Å². The van der Waals surface area contributed by atoms with Crippen molar-refractivity contribution in [1.82, 2.24) is 19.7 Å². The summed E-state index contributed by atoms with van der Waals surface area (Å²) in [7, 11) is 0. The molecule has 0 bridgehead atoms. The molecular weight excluding hydrogens is 473 g/mol. The van der Waals surface area contributed by atoms with Crippen LogP contribution in [0, 0.1) is 24.1 Å². The second-order valence-electron chi connectivity index (χ2n) is 9.83. The normalized spacial score (nSPS) is 15.3. The van der Waals surface area contributed by atoms with E-state index in [-0.39, 0.29) is 11.4 Å². The number of nitriles is 1. The van der Waals surface area contributed by atoms with E-state index in [0.29, 0.717) is 22.2 Å². The first kappa shape index (κ1) is 24.2. The van der Waals surface area contributed by atoms with Crippen molar-refractivity contribution in [1.29, 1.82) is 5.26 Å². The number of fused-ring (bicyclic) bond motifs is 1. The highest BCUT2D eigenvalue weighted by molar-refractivity contribution is 7.16. The summed E-state index contributed by atoms with van der Waals surface area (Å²) in [5.74, 6) is -0.315. The molecule has 1 aliphatic heterocycles. The minimum atomic E-state index is -0.315. The zero-order chi connectivity index (χ0) is 25.4. The average Bonchev–Trinajstić information content (AvgIpc) is 3.43. The Morgan fingerprint density at radius 1 is 1.25 bits per heavy atom. The highest BCUT2D eigenvalue weighted by Crippen LogP contribution is 2.32. The predicted molar refractivity (Wildman–Crippen MR) is 143 cm³/mol. The molecule has 0 atom stereocenters. The Balaban J connectivity index is 1.46. The fourth-order valence-corrected chi connectivity index (χ4v) is 5.61. The molecule has 5 rings (SSSR count). The molecule has 1 aromatic carbocycles. The third-order valence-corrected chi connectivity index (χ3v) is 7.51. The number of rotatable bonds is 6. The Hall–Kier alpha value is -3.48. The Labute approximate surface area is 214 Å². The van der Waals surface area contributed by atoms with Crippen LogP contribution in [0.4, 0.5) is 15.2 Å². The highest BCUT2D eigenvalue weighted by Gasteiger charge is 2.27. The number of piperazine rings is 1. The highest BCUT2D eigenvalue weighted by atomic mass is 32.1. The van der Waals surface area contributed by atoms with Crippen LogP contribution in [-0.4, -0.2) is 39.5 Å². The maximum absolute atomic E-state index is 13.4. The lowest BCUT2D eigenvalue weighted by atomic mass is 10.0. The average molecular weight is 504 g/mol. The van der Waals surface area contributed by atoms with E-state index in [0.717, 1.165) is 54.2 Å². The van der Waals surface area contributed by atoms with Gasteiger partial charge in [-0.3, -0.25) is 4.40 Å². The van der Waals surface area contributed by atoms with Gasteiger partial charge < -0.3 is 15.5 Å². The van der Waals surface area contributed by atoms with Gasteiger partial charge in [-0.2, -0.15) is 5.26 Å². The van der Waals surface area contributed by atoms with Gasteiger partial charge in [-0.05, 0) is 63.1 Å². The summed E-state index contributed by atoms with van der Waals surface area (Å²) < 4.78 is 15.6. The van der Waals surface area contributed by atoms with Crippen molar-refractivity contribution in [2.45, 2.75) is 46.2 Å². The second kappa shape index (κ2) is 9.52. The first-order chi connectivity index (χ1) is 17.3. The SMILES string of the molecule is CCc1nc2c(C)cc(N3CCNC(C)(C)C3)cn2c1CNc1nc(-c2ccc(F)cc2)c(C#N)s1. The number of aromatic nitrogens is 3. The van der Waals surface area contributed by atoms with Crippen LogP contribution >= 0.6 is 11.3 Å². The van der Waals surface area contributed by atoms with Gasteiger partial charge in [0, 0.05) is 36.9 Å². The van der Waals surface area contributed by atoms with Crippen molar-refractivity contribution < 1.29 is 4.39 Å². The molecule has 36 heavy (non-hydrogen) atoms. The number of pyridine rings is 1. The third kappa shape index (κ3) is 4.66. The minimum absolute atomic E-state index is 0.0561. The van der Waals surface area contributed by atoms with Crippen molar-refractivity contribution in [2.75, 3.05) is 29.9 Å². The van der Waals surface area contributed by atoms with Crippen LogP contribution in [0.15, 0.2) is 36.5 Å². The van der Waals surface area contributed by atoms with Crippen LogP contribution in [-0.2, 0) is 13.0 Å². The van der Waals surface area contributed by atoms with E-state index >= 15 is 0 Å². The van der Waals surface area contributed by atoms with Gasteiger partial charge >= 0.3 is 0 Å². The van der Waals surface area contributed by atoms with Crippen LogP contribution in [0.5, 0.6) is 0 Å². The first-order valence-corrected chi connectivity index (χ1v) is 13.0. The van der Waals surface area contributed by atoms with Gasteiger partial charge in [0.1, 0.15) is 28.1 Å². The molecular formula is C27H30FN7S. The van der Waals surface area contributed by atoms with Crippen LogP contribution in [0.2, 0.25) is 0 Å². The molecule has 0 amide bonds. The van der Waals surface area contributed by atoms with E-state index in [4.69, 9.17) is 4.98 Å².